The Kier molecular flexibility index (Phi) is 4.56. The van der Waals surface area contributed by atoms with Crippen LogP contribution < -0.4 is 5.32 Å². The van der Waals surface area contributed by atoms with Crippen molar-refractivity contribution in [1.29, 1.82) is 0 Å². The standard InChI is InChI=1S/C19H23NO/c1-2-12-20-19(18-9-5-6-13-21-18)17-11-10-15-7-3-4-8-16(15)14-17/h3-4,7-11,14,19-20H,2,5-6,12-13H2,1H3. The Hall–Kier alpha value is -1.80. The van der Waals surface area contributed by atoms with Crippen molar-refractivity contribution in [1.82, 2.24) is 5.32 Å². The number of rotatable bonds is 5. The average molecular weight is 281 g/mol. The Morgan fingerprint density at radius 2 is 2.00 bits per heavy atom. The van der Waals surface area contributed by atoms with E-state index in [1.807, 2.05) is 0 Å². The van der Waals surface area contributed by atoms with Crippen molar-refractivity contribution < 1.29 is 4.74 Å². The highest BCUT2D eigenvalue weighted by Gasteiger charge is 2.19. The van der Waals surface area contributed by atoms with E-state index < -0.39 is 0 Å². The number of hydrogen-bond donors (Lipinski definition) is 1. The minimum absolute atomic E-state index is 0.176. The first-order chi connectivity index (χ1) is 10.4. The van der Waals surface area contributed by atoms with E-state index in [2.05, 4.69) is 60.8 Å². The van der Waals surface area contributed by atoms with Gasteiger partial charge >= 0.3 is 0 Å². The molecule has 2 aromatic carbocycles. The summed E-state index contributed by atoms with van der Waals surface area (Å²) in [7, 11) is 0. The molecule has 2 nitrogen and oxygen atoms in total. The van der Waals surface area contributed by atoms with Crippen LogP contribution in [-0.2, 0) is 4.74 Å². The molecule has 21 heavy (non-hydrogen) atoms. The molecule has 0 spiro atoms. The third-order valence-electron chi connectivity index (χ3n) is 3.95. The van der Waals surface area contributed by atoms with Gasteiger partial charge in [-0.3, -0.25) is 0 Å². The molecule has 0 amide bonds. The van der Waals surface area contributed by atoms with Crippen LogP contribution in [0.3, 0.4) is 0 Å². The monoisotopic (exact) mass is 281 g/mol. The highest BCUT2D eigenvalue weighted by molar-refractivity contribution is 5.83. The van der Waals surface area contributed by atoms with E-state index in [1.54, 1.807) is 0 Å². The van der Waals surface area contributed by atoms with Crippen molar-refractivity contribution in [3.8, 4) is 0 Å². The molecule has 0 fully saturated rings. The third kappa shape index (κ3) is 3.27. The molecule has 0 aromatic heterocycles. The van der Waals surface area contributed by atoms with Crippen LogP contribution >= 0.6 is 0 Å². The summed E-state index contributed by atoms with van der Waals surface area (Å²) < 4.78 is 5.90. The fourth-order valence-corrected chi connectivity index (χ4v) is 2.84. The van der Waals surface area contributed by atoms with Crippen LogP contribution in [0.4, 0.5) is 0 Å². The normalized spacial score (nSPS) is 16.3. The molecular weight excluding hydrogens is 258 g/mol. The van der Waals surface area contributed by atoms with Gasteiger partial charge in [0.15, 0.2) is 0 Å². The van der Waals surface area contributed by atoms with Crippen molar-refractivity contribution in [3.05, 3.63) is 59.9 Å². The molecule has 0 saturated heterocycles. The topological polar surface area (TPSA) is 21.3 Å². The zero-order valence-corrected chi connectivity index (χ0v) is 12.6. The zero-order valence-electron chi connectivity index (χ0n) is 12.6. The maximum absolute atomic E-state index is 5.90. The summed E-state index contributed by atoms with van der Waals surface area (Å²) in [6.45, 7) is 4.03. The summed E-state index contributed by atoms with van der Waals surface area (Å²) in [5, 5.41) is 6.20. The minimum atomic E-state index is 0.176. The first kappa shape index (κ1) is 14.2. The minimum Gasteiger partial charge on any atom is -0.496 e. The van der Waals surface area contributed by atoms with Gasteiger partial charge in [0, 0.05) is 0 Å². The lowest BCUT2D eigenvalue weighted by atomic mass is 9.99. The first-order valence-electron chi connectivity index (χ1n) is 7.93. The second-order valence-electron chi connectivity index (χ2n) is 5.59. The molecule has 110 valence electrons. The van der Waals surface area contributed by atoms with Crippen LogP contribution in [0.15, 0.2) is 54.3 Å². The Morgan fingerprint density at radius 3 is 2.76 bits per heavy atom. The van der Waals surface area contributed by atoms with Gasteiger partial charge in [0.25, 0.3) is 0 Å². The van der Waals surface area contributed by atoms with E-state index in [-0.39, 0.29) is 6.04 Å². The van der Waals surface area contributed by atoms with Crippen LogP contribution in [0.25, 0.3) is 10.8 Å². The molecule has 0 aliphatic carbocycles. The maximum Gasteiger partial charge on any atom is 0.113 e. The van der Waals surface area contributed by atoms with Crippen molar-refractivity contribution in [2.75, 3.05) is 13.2 Å². The summed E-state index contributed by atoms with van der Waals surface area (Å²) >= 11 is 0. The molecule has 0 saturated carbocycles. The molecule has 0 bridgehead atoms. The second kappa shape index (κ2) is 6.77. The molecule has 2 heteroatoms. The lowest BCUT2D eigenvalue weighted by molar-refractivity contribution is 0.167. The molecule has 1 heterocycles. The lowest BCUT2D eigenvalue weighted by Crippen LogP contribution is -2.26. The van der Waals surface area contributed by atoms with Crippen molar-refractivity contribution in [3.63, 3.8) is 0 Å². The number of hydrogen-bond acceptors (Lipinski definition) is 2. The largest absolute Gasteiger partial charge is 0.496 e. The second-order valence-corrected chi connectivity index (χ2v) is 5.59. The summed E-state index contributed by atoms with van der Waals surface area (Å²) in [5.41, 5.74) is 1.29. The number of benzene rings is 2. The Bertz CT molecular complexity index is 632. The van der Waals surface area contributed by atoms with Gasteiger partial charge in [0.2, 0.25) is 0 Å². The third-order valence-corrected chi connectivity index (χ3v) is 3.95. The highest BCUT2D eigenvalue weighted by atomic mass is 16.5. The summed E-state index contributed by atoms with van der Waals surface area (Å²) in [5.74, 6) is 1.09. The molecule has 1 atom stereocenters. The summed E-state index contributed by atoms with van der Waals surface area (Å²) in [6, 6.07) is 15.4. The highest BCUT2D eigenvalue weighted by Crippen LogP contribution is 2.28. The first-order valence-corrected chi connectivity index (χ1v) is 7.93. The Morgan fingerprint density at radius 1 is 1.14 bits per heavy atom. The van der Waals surface area contributed by atoms with Crippen LogP contribution in [0.5, 0.6) is 0 Å². The van der Waals surface area contributed by atoms with Crippen LogP contribution in [0, 0.1) is 0 Å². The lowest BCUT2D eigenvalue weighted by Gasteiger charge is -2.25. The van der Waals surface area contributed by atoms with Gasteiger partial charge in [0.05, 0.1) is 12.6 Å². The fraction of sp³-hybridized carbons (Fsp3) is 0.368. The van der Waals surface area contributed by atoms with Crippen molar-refractivity contribution in [2.24, 2.45) is 0 Å². The van der Waals surface area contributed by atoms with Gasteiger partial charge in [-0.2, -0.15) is 0 Å². The average Bonchev–Trinajstić information content (AvgIpc) is 2.56. The Balaban J connectivity index is 1.94. The Labute approximate surface area is 126 Å². The molecule has 1 N–H and O–H groups in total. The molecule has 1 aliphatic rings. The predicted molar refractivity (Wildman–Crippen MR) is 88.3 cm³/mol. The number of allylic oxidation sites excluding steroid dienone is 1. The summed E-state index contributed by atoms with van der Waals surface area (Å²) in [6.07, 6.45) is 5.61. The molecule has 3 rings (SSSR count). The summed E-state index contributed by atoms with van der Waals surface area (Å²) in [4.78, 5) is 0. The van der Waals surface area contributed by atoms with Crippen LogP contribution in [0.2, 0.25) is 0 Å². The molecule has 2 aromatic rings. The SMILES string of the molecule is CCCNC(C1=CCCCO1)c1ccc2ccccc2c1. The van der Waals surface area contributed by atoms with E-state index in [1.165, 1.54) is 16.3 Å². The maximum atomic E-state index is 5.90. The van der Waals surface area contributed by atoms with Gasteiger partial charge in [-0.1, -0.05) is 43.3 Å². The van der Waals surface area contributed by atoms with E-state index in [0.717, 1.165) is 38.2 Å². The molecule has 0 radical (unpaired) electrons. The molecule has 1 aliphatic heterocycles. The number of fused-ring (bicyclic) bond motifs is 1. The number of ether oxygens (including phenoxy) is 1. The van der Waals surface area contributed by atoms with E-state index in [9.17, 15) is 0 Å². The van der Waals surface area contributed by atoms with Gasteiger partial charge in [-0.05, 0) is 54.3 Å². The zero-order chi connectivity index (χ0) is 14.5. The smallest absolute Gasteiger partial charge is 0.113 e. The van der Waals surface area contributed by atoms with Gasteiger partial charge in [0.1, 0.15) is 5.76 Å². The quantitative estimate of drug-likeness (QED) is 0.866. The predicted octanol–water partition coefficient (Wildman–Crippen LogP) is 4.57. The van der Waals surface area contributed by atoms with Crippen molar-refractivity contribution in [2.45, 2.75) is 32.2 Å². The van der Waals surface area contributed by atoms with Gasteiger partial charge in [-0.25, -0.2) is 0 Å². The van der Waals surface area contributed by atoms with Gasteiger partial charge < -0.3 is 10.1 Å². The van der Waals surface area contributed by atoms with Crippen LogP contribution in [0.1, 0.15) is 37.8 Å². The van der Waals surface area contributed by atoms with E-state index >= 15 is 0 Å². The van der Waals surface area contributed by atoms with Gasteiger partial charge in [-0.15, -0.1) is 0 Å². The van der Waals surface area contributed by atoms with Crippen LogP contribution in [-0.4, -0.2) is 13.2 Å². The van der Waals surface area contributed by atoms with E-state index in [4.69, 9.17) is 4.74 Å². The fourth-order valence-electron chi connectivity index (χ4n) is 2.84. The number of nitrogens with one attached hydrogen (secondary N) is 1. The molecule has 1 unspecified atom stereocenters. The van der Waals surface area contributed by atoms with E-state index in [0.29, 0.717) is 0 Å². The van der Waals surface area contributed by atoms with Crippen molar-refractivity contribution >= 4 is 10.8 Å². The molecular formula is C19H23NO.